The van der Waals surface area contributed by atoms with Gasteiger partial charge in [-0.3, -0.25) is 19.6 Å². The van der Waals surface area contributed by atoms with Crippen LogP contribution in [0.3, 0.4) is 0 Å². The first-order valence-electron chi connectivity index (χ1n) is 8.43. The smallest absolute Gasteiger partial charge is 0.306 e. The Hall–Kier alpha value is -3.20. The number of hydrogen-bond donors (Lipinski definition) is 1. The number of aromatic nitrogens is 2. The van der Waals surface area contributed by atoms with Crippen LogP contribution in [0.4, 0.5) is 5.69 Å². The first kappa shape index (κ1) is 19.6. The second-order valence-electron chi connectivity index (χ2n) is 5.92. The highest BCUT2D eigenvalue weighted by atomic mass is 79.9. The van der Waals surface area contributed by atoms with Gasteiger partial charge in [-0.2, -0.15) is 5.10 Å². The highest BCUT2D eigenvalue weighted by Gasteiger charge is 2.10. The monoisotopic (exact) mass is 444 g/mol. The summed E-state index contributed by atoms with van der Waals surface area (Å²) >= 11 is 3.40. The average Bonchev–Trinajstić information content (AvgIpc) is 3.16. The lowest BCUT2D eigenvalue weighted by Gasteiger charge is -2.09. The van der Waals surface area contributed by atoms with Crippen LogP contribution in [0.15, 0.2) is 65.4 Å². The van der Waals surface area contributed by atoms with Crippen LogP contribution in [-0.2, 0) is 13.2 Å². The predicted octanol–water partition coefficient (Wildman–Crippen LogP) is 3.56. The molecule has 1 heterocycles. The standard InChI is InChI=1S/C19H17BrN4O4/c20-16-5-2-6-18(10-16)28-13-14-3-1-4-15(9-14)19(25)21-7-8-23-12-17(11-22-23)24(26)27/h1-6,9-12H,7-8,13H2,(H,21,25). The van der Waals surface area contributed by atoms with Gasteiger partial charge in [0.15, 0.2) is 0 Å². The molecule has 0 saturated heterocycles. The molecule has 0 unspecified atom stereocenters. The molecule has 0 fully saturated rings. The second kappa shape index (κ2) is 9.14. The van der Waals surface area contributed by atoms with Crippen LogP contribution in [0.1, 0.15) is 15.9 Å². The Balaban J connectivity index is 1.52. The van der Waals surface area contributed by atoms with Crippen molar-refractivity contribution in [3.05, 3.63) is 86.6 Å². The molecule has 0 saturated carbocycles. The van der Waals surface area contributed by atoms with Crippen molar-refractivity contribution >= 4 is 27.5 Å². The van der Waals surface area contributed by atoms with Crippen molar-refractivity contribution in [2.75, 3.05) is 6.54 Å². The zero-order valence-electron chi connectivity index (χ0n) is 14.7. The number of amides is 1. The number of benzene rings is 2. The van der Waals surface area contributed by atoms with E-state index in [2.05, 4.69) is 26.3 Å². The summed E-state index contributed by atoms with van der Waals surface area (Å²) in [5.74, 6) is 0.503. The summed E-state index contributed by atoms with van der Waals surface area (Å²) in [6.45, 7) is 0.982. The molecule has 0 radical (unpaired) electrons. The molecule has 0 aliphatic heterocycles. The third-order valence-electron chi connectivity index (χ3n) is 3.85. The molecule has 1 N–H and O–H groups in total. The van der Waals surface area contributed by atoms with Crippen LogP contribution >= 0.6 is 15.9 Å². The lowest BCUT2D eigenvalue weighted by atomic mass is 10.1. The summed E-state index contributed by atoms with van der Waals surface area (Å²) in [7, 11) is 0. The third kappa shape index (κ3) is 5.40. The fourth-order valence-electron chi connectivity index (χ4n) is 2.48. The number of hydrogen-bond acceptors (Lipinski definition) is 5. The molecule has 1 aromatic heterocycles. The fraction of sp³-hybridized carbons (Fsp3) is 0.158. The number of nitrogens with one attached hydrogen (secondary N) is 1. The van der Waals surface area contributed by atoms with Gasteiger partial charge in [0.25, 0.3) is 5.91 Å². The van der Waals surface area contributed by atoms with E-state index in [0.29, 0.717) is 25.3 Å². The van der Waals surface area contributed by atoms with E-state index in [4.69, 9.17) is 4.74 Å². The highest BCUT2D eigenvalue weighted by Crippen LogP contribution is 2.19. The van der Waals surface area contributed by atoms with Gasteiger partial charge in [-0.1, -0.05) is 34.1 Å². The SMILES string of the molecule is O=C(NCCn1cc([N+](=O)[O-])cn1)c1cccc(COc2cccc(Br)c2)c1. The molecule has 1 amide bonds. The number of carbonyl (C=O) groups is 1. The van der Waals surface area contributed by atoms with Crippen LogP contribution in [-0.4, -0.2) is 27.2 Å². The van der Waals surface area contributed by atoms with Crippen molar-refractivity contribution < 1.29 is 14.5 Å². The number of carbonyl (C=O) groups excluding carboxylic acids is 1. The van der Waals surface area contributed by atoms with Crippen molar-refractivity contribution in [2.24, 2.45) is 0 Å². The molecule has 2 aromatic carbocycles. The van der Waals surface area contributed by atoms with E-state index < -0.39 is 4.92 Å². The van der Waals surface area contributed by atoms with E-state index in [1.807, 2.05) is 30.3 Å². The number of nitrogens with zero attached hydrogens (tertiary/aromatic N) is 3. The van der Waals surface area contributed by atoms with E-state index >= 15 is 0 Å². The fourth-order valence-corrected chi connectivity index (χ4v) is 2.86. The molecule has 9 heteroatoms. The third-order valence-corrected chi connectivity index (χ3v) is 4.34. The Bertz CT molecular complexity index is 989. The van der Waals surface area contributed by atoms with E-state index in [1.54, 1.807) is 18.2 Å². The topological polar surface area (TPSA) is 99.3 Å². The Labute approximate surface area is 169 Å². The maximum Gasteiger partial charge on any atom is 0.306 e. The van der Waals surface area contributed by atoms with Gasteiger partial charge in [0.05, 0.1) is 11.5 Å². The van der Waals surface area contributed by atoms with Gasteiger partial charge in [0.2, 0.25) is 0 Å². The first-order valence-corrected chi connectivity index (χ1v) is 9.23. The number of nitro groups is 1. The summed E-state index contributed by atoms with van der Waals surface area (Å²) in [6.07, 6.45) is 2.50. The van der Waals surface area contributed by atoms with Gasteiger partial charge < -0.3 is 10.1 Å². The first-order chi connectivity index (χ1) is 13.5. The molecule has 0 spiro atoms. The minimum absolute atomic E-state index is 0.0792. The molecule has 144 valence electrons. The minimum Gasteiger partial charge on any atom is -0.489 e. The van der Waals surface area contributed by atoms with Crippen molar-refractivity contribution in [3.63, 3.8) is 0 Å². The van der Waals surface area contributed by atoms with Crippen LogP contribution in [0.25, 0.3) is 0 Å². The van der Waals surface area contributed by atoms with E-state index in [1.165, 1.54) is 17.1 Å². The summed E-state index contributed by atoms with van der Waals surface area (Å²) in [6, 6.07) is 14.7. The van der Waals surface area contributed by atoms with Gasteiger partial charge >= 0.3 is 5.69 Å². The predicted molar refractivity (Wildman–Crippen MR) is 106 cm³/mol. The van der Waals surface area contributed by atoms with Gasteiger partial charge in [-0.05, 0) is 35.9 Å². The van der Waals surface area contributed by atoms with Crippen molar-refractivity contribution in [3.8, 4) is 5.75 Å². The zero-order chi connectivity index (χ0) is 19.9. The lowest BCUT2D eigenvalue weighted by Crippen LogP contribution is -2.27. The molecule has 3 aromatic rings. The Morgan fingerprint density at radius 1 is 1.25 bits per heavy atom. The quantitative estimate of drug-likeness (QED) is 0.422. The molecule has 0 bridgehead atoms. The van der Waals surface area contributed by atoms with Crippen molar-refractivity contribution in [2.45, 2.75) is 13.2 Å². The molecule has 8 nitrogen and oxygen atoms in total. The van der Waals surface area contributed by atoms with Gasteiger partial charge in [-0.15, -0.1) is 0 Å². The van der Waals surface area contributed by atoms with Gasteiger partial charge in [0.1, 0.15) is 24.8 Å². The molecule has 3 rings (SSSR count). The van der Waals surface area contributed by atoms with Crippen LogP contribution in [0, 0.1) is 10.1 Å². The molecular weight excluding hydrogens is 428 g/mol. The summed E-state index contributed by atoms with van der Waals surface area (Å²) in [5, 5.41) is 17.3. The highest BCUT2D eigenvalue weighted by molar-refractivity contribution is 9.10. The van der Waals surface area contributed by atoms with Crippen LogP contribution in [0.5, 0.6) is 5.75 Å². The largest absolute Gasteiger partial charge is 0.489 e. The van der Waals surface area contributed by atoms with Crippen molar-refractivity contribution in [1.29, 1.82) is 0 Å². The lowest BCUT2D eigenvalue weighted by molar-refractivity contribution is -0.385. The molecule has 0 aliphatic rings. The Morgan fingerprint density at radius 2 is 2.07 bits per heavy atom. The average molecular weight is 445 g/mol. The Kier molecular flexibility index (Phi) is 6.38. The Morgan fingerprint density at radius 3 is 2.82 bits per heavy atom. The maximum absolute atomic E-state index is 12.3. The molecular formula is C19H17BrN4O4. The van der Waals surface area contributed by atoms with E-state index in [9.17, 15) is 14.9 Å². The normalized spacial score (nSPS) is 10.5. The summed E-state index contributed by atoms with van der Waals surface area (Å²) in [4.78, 5) is 22.5. The molecule has 0 aliphatic carbocycles. The van der Waals surface area contributed by atoms with Gasteiger partial charge in [0, 0.05) is 16.6 Å². The molecule has 0 atom stereocenters. The van der Waals surface area contributed by atoms with Gasteiger partial charge in [-0.25, -0.2) is 0 Å². The van der Waals surface area contributed by atoms with Crippen molar-refractivity contribution in [1.82, 2.24) is 15.1 Å². The second-order valence-corrected chi connectivity index (χ2v) is 6.84. The van der Waals surface area contributed by atoms with E-state index in [0.717, 1.165) is 15.8 Å². The summed E-state index contributed by atoms with van der Waals surface area (Å²) < 4.78 is 8.09. The van der Waals surface area contributed by atoms with Crippen LogP contribution < -0.4 is 10.1 Å². The number of ether oxygens (including phenoxy) is 1. The minimum atomic E-state index is -0.510. The number of halogens is 1. The maximum atomic E-state index is 12.3. The zero-order valence-corrected chi connectivity index (χ0v) is 16.3. The number of rotatable bonds is 8. The summed E-state index contributed by atoms with van der Waals surface area (Å²) in [5.41, 5.74) is 1.31. The van der Waals surface area contributed by atoms with E-state index in [-0.39, 0.29) is 11.6 Å². The van der Waals surface area contributed by atoms with Crippen LogP contribution in [0.2, 0.25) is 0 Å². The molecule has 28 heavy (non-hydrogen) atoms.